The van der Waals surface area contributed by atoms with E-state index in [4.69, 9.17) is 5.73 Å². The summed E-state index contributed by atoms with van der Waals surface area (Å²) in [5.41, 5.74) is 6.04. The van der Waals surface area contributed by atoms with Crippen LogP contribution in [-0.2, 0) is 0 Å². The van der Waals surface area contributed by atoms with Crippen LogP contribution in [0.3, 0.4) is 0 Å². The first-order valence-corrected chi connectivity index (χ1v) is 6.12. The summed E-state index contributed by atoms with van der Waals surface area (Å²) in [6, 6.07) is 4.44. The van der Waals surface area contributed by atoms with Gasteiger partial charge in [0.15, 0.2) is 0 Å². The molecule has 2 heteroatoms. The van der Waals surface area contributed by atoms with E-state index in [9.17, 15) is 0 Å². The third kappa shape index (κ3) is 4.07. The van der Waals surface area contributed by atoms with Gasteiger partial charge in [0.2, 0.25) is 0 Å². The molecular weight excluding hydrogens is 190 g/mol. The smallest absolute Gasteiger partial charge is 0.0389 e. The Kier molecular flexibility index (Phi) is 5.57. The van der Waals surface area contributed by atoms with E-state index in [1.54, 1.807) is 11.3 Å². The van der Waals surface area contributed by atoms with Gasteiger partial charge in [-0.3, -0.25) is 0 Å². The predicted molar refractivity (Wildman–Crippen MR) is 64.5 cm³/mol. The Labute approximate surface area is 90.6 Å². The Morgan fingerprint density at radius 3 is 2.93 bits per heavy atom. The molecule has 0 radical (unpaired) electrons. The number of thiophene rings is 1. The zero-order valence-electron chi connectivity index (χ0n) is 8.61. The van der Waals surface area contributed by atoms with E-state index >= 15 is 0 Å². The molecule has 0 bridgehead atoms. The van der Waals surface area contributed by atoms with Crippen LogP contribution < -0.4 is 5.73 Å². The van der Waals surface area contributed by atoms with E-state index in [1.165, 1.54) is 24.1 Å². The van der Waals surface area contributed by atoms with Crippen molar-refractivity contribution in [2.75, 3.05) is 0 Å². The summed E-state index contributed by atoms with van der Waals surface area (Å²) in [7, 11) is 0. The molecule has 1 aromatic heterocycles. The van der Waals surface area contributed by atoms with Crippen LogP contribution in [0.4, 0.5) is 0 Å². The van der Waals surface area contributed by atoms with Crippen LogP contribution in [0, 0.1) is 0 Å². The summed E-state index contributed by atoms with van der Waals surface area (Å²) in [4.78, 5) is 1.31. The first-order chi connectivity index (χ1) is 6.84. The van der Waals surface area contributed by atoms with Gasteiger partial charge in [0.25, 0.3) is 0 Å². The molecule has 1 atom stereocenters. The van der Waals surface area contributed by atoms with Gasteiger partial charge in [-0.2, -0.15) is 0 Å². The molecule has 14 heavy (non-hydrogen) atoms. The third-order valence-electron chi connectivity index (χ3n) is 2.33. The molecule has 1 heterocycles. The highest BCUT2D eigenvalue weighted by Crippen LogP contribution is 2.21. The largest absolute Gasteiger partial charge is 0.323 e. The van der Waals surface area contributed by atoms with Crippen LogP contribution in [0.15, 0.2) is 30.2 Å². The summed E-state index contributed by atoms with van der Waals surface area (Å²) in [6.07, 6.45) is 7.98. The molecule has 0 amide bonds. The predicted octanol–water partition coefficient (Wildman–Crippen LogP) is 3.88. The molecule has 1 aromatic rings. The van der Waals surface area contributed by atoms with E-state index in [1.807, 2.05) is 6.08 Å². The second-order valence-corrected chi connectivity index (χ2v) is 4.53. The average molecular weight is 209 g/mol. The zero-order chi connectivity index (χ0) is 10.2. The van der Waals surface area contributed by atoms with Crippen molar-refractivity contribution in [3.8, 4) is 0 Å². The van der Waals surface area contributed by atoms with Gasteiger partial charge in [0, 0.05) is 10.9 Å². The topological polar surface area (TPSA) is 26.0 Å². The van der Waals surface area contributed by atoms with Crippen molar-refractivity contribution < 1.29 is 0 Å². The summed E-state index contributed by atoms with van der Waals surface area (Å²) < 4.78 is 0. The Bertz CT molecular complexity index is 241. The summed E-state index contributed by atoms with van der Waals surface area (Å²) >= 11 is 1.76. The van der Waals surface area contributed by atoms with Crippen LogP contribution in [0.2, 0.25) is 0 Å². The lowest BCUT2D eigenvalue weighted by molar-refractivity contribution is 0.578. The van der Waals surface area contributed by atoms with Gasteiger partial charge in [-0.1, -0.05) is 25.0 Å². The van der Waals surface area contributed by atoms with E-state index in [0.717, 1.165) is 12.8 Å². The van der Waals surface area contributed by atoms with Crippen molar-refractivity contribution >= 4 is 11.3 Å². The van der Waals surface area contributed by atoms with Gasteiger partial charge < -0.3 is 5.73 Å². The molecule has 0 spiro atoms. The average Bonchev–Trinajstić information content (AvgIpc) is 2.70. The first-order valence-electron chi connectivity index (χ1n) is 5.24. The molecular formula is C12H19NS. The summed E-state index contributed by atoms with van der Waals surface area (Å²) in [5, 5.41) is 2.09. The molecule has 0 saturated heterocycles. The maximum absolute atomic E-state index is 6.04. The standard InChI is InChI=1S/C12H19NS/c1-2-3-4-5-6-8-11(13)12-9-7-10-14-12/h2,7,9-11H,1,3-6,8,13H2. The van der Waals surface area contributed by atoms with E-state index < -0.39 is 0 Å². The molecule has 0 aliphatic carbocycles. The molecule has 0 aliphatic rings. The molecule has 0 saturated carbocycles. The Morgan fingerprint density at radius 1 is 1.43 bits per heavy atom. The SMILES string of the molecule is C=CCCCCCC(N)c1cccs1. The first kappa shape index (κ1) is 11.5. The minimum atomic E-state index is 0.249. The van der Waals surface area contributed by atoms with E-state index in [-0.39, 0.29) is 6.04 Å². The van der Waals surface area contributed by atoms with Gasteiger partial charge in [0.1, 0.15) is 0 Å². The Balaban J connectivity index is 2.10. The molecule has 0 aliphatic heterocycles. The number of allylic oxidation sites excluding steroid dienone is 1. The van der Waals surface area contributed by atoms with E-state index in [2.05, 4.69) is 24.1 Å². The molecule has 2 N–H and O–H groups in total. The zero-order valence-corrected chi connectivity index (χ0v) is 9.43. The number of unbranched alkanes of at least 4 members (excludes halogenated alkanes) is 3. The minimum absolute atomic E-state index is 0.249. The number of nitrogens with two attached hydrogens (primary N) is 1. The normalized spacial score (nSPS) is 12.6. The van der Waals surface area contributed by atoms with Crippen molar-refractivity contribution in [3.63, 3.8) is 0 Å². The molecule has 0 aromatic carbocycles. The number of hydrogen-bond donors (Lipinski definition) is 1. The molecule has 78 valence electrons. The fourth-order valence-electron chi connectivity index (χ4n) is 1.47. The quantitative estimate of drug-likeness (QED) is 0.535. The van der Waals surface area contributed by atoms with Crippen molar-refractivity contribution in [2.24, 2.45) is 5.73 Å². The van der Waals surface area contributed by atoms with Gasteiger partial charge in [-0.15, -0.1) is 17.9 Å². The van der Waals surface area contributed by atoms with Crippen molar-refractivity contribution in [1.82, 2.24) is 0 Å². The molecule has 0 fully saturated rings. The lowest BCUT2D eigenvalue weighted by atomic mass is 10.1. The van der Waals surface area contributed by atoms with Gasteiger partial charge in [-0.25, -0.2) is 0 Å². The summed E-state index contributed by atoms with van der Waals surface area (Å²) in [5.74, 6) is 0. The monoisotopic (exact) mass is 209 g/mol. The third-order valence-corrected chi connectivity index (χ3v) is 3.34. The van der Waals surface area contributed by atoms with Crippen LogP contribution in [-0.4, -0.2) is 0 Å². The fourth-order valence-corrected chi connectivity index (χ4v) is 2.24. The minimum Gasteiger partial charge on any atom is -0.323 e. The molecule has 1 nitrogen and oxygen atoms in total. The van der Waals surface area contributed by atoms with E-state index in [0.29, 0.717) is 0 Å². The Morgan fingerprint density at radius 2 is 2.29 bits per heavy atom. The van der Waals surface area contributed by atoms with Gasteiger partial charge >= 0.3 is 0 Å². The van der Waals surface area contributed by atoms with Crippen molar-refractivity contribution in [2.45, 2.75) is 38.1 Å². The van der Waals surface area contributed by atoms with Crippen LogP contribution in [0.25, 0.3) is 0 Å². The highest BCUT2D eigenvalue weighted by atomic mass is 32.1. The lowest BCUT2D eigenvalue weighted by Gasteiger charge is -2.08. The van der Waals surface area contributed by atoms with Crippen molar-refractivity contribution in [3.05, 3.63) is 35.0 Å². The molecule has 1 rings (SSSR count). The lowest BCUT2D eigenvalue weighted by Crippen LogP contribution is -2.07. The number of rotatable bonds is 7. The van der Waals surface area contributed by atoms with Gasteiger partial charge in [-0.05, 0) is 30.7 Å². The Hall–Kier alpha value is -0.600. The van der Waals surface area contributed by atoms with Crippen LogP contribution >= 0.6 is 11.3 Å². The maximum atomic E-state index is 6.04. The van der Waals surface area contributed by atoms with Crippen LogP contribution in [0.1, 0.15) is 43.0 Å². The highest BCUT2D eigenvalue weighted by Gasteiger charge is 2.05. The van der Waals surface area contributed by atoms with Crippen LogP contribution in [0.5, 0.6) is 0 Å². The van der Waals surface area contributed by atoms with Gasteiger partial charge in [0.05, 0.1) is 0 Å². The molecule has 1 unspecified atom stereocenters. The maximum Gasteiger partial charge on any atom is 0.0389 e. The highest BCUT2D eigenvalue weighted by molar-refractivity contribution is 7.10. The summed E-state index contributed by atoms with van der Waals surface area (Å²) in [6.45, 7) is 3.71. The number of hydrogen-bond acceptors (Lipinski definition) is 2. The fraction of sp³-hybridized carbons (Fsp3) is 0.500. The second-order valence-electron chi connectivity index (χ2n) is 3.55. The second kappa shape index (κ2) is 6.80. The van der Waals surface area contributed by atoms with Crippen molar-refractivity contribution in [1.29, 1.82) is 0 Å².